The fourth-order valence-electron chi connectivity index (χ4n) is 3.60. The van der Waals surface area contributed by atoms with Crippen molar-refractivity contribution in [3.8, 4) is 0 Å². The van der Waals surface area contributed by atoms with Gasteiger partial charge in [-0.3, -0.25) is 14.2 Å². The highest BCUT2D eigenvalue weighted by atomic mass is 19.1. The highest BCUT2D eigenvalue weighted by Crippen LogP contribution is 2.32. The third-order valence-corrected chi connectivity index (χ3v) is 5.06. The van der Waals surface area contributed by atoms with Gasteiger partial charge in [-0.1, -0.05) is 30.3 Å². The molecule has 4 rings (SSSR count). The summed E-state index contributed by atoms with van der Waals surface area (Å²) < 4.78 is 15.6. The fraction of sp³-hybridized carbons (Fsp3) is 0.250. The van der Waals surface area contributed by atoms with Gasteiger partial charge in [0.1, 0.15) is 17.7 Å². The zero-order valence-electron chi connectivity index (χ0n) is 14.5. The van der Waals surface area contributed by atoms with Crippen molar-refractivity contribution >= 4 is 16.8 Å². The number of halogens is 1. The molecule has 0 unspecified atom stereocenters. The number of fused-ring (bicyclic) bond motifs is 2. The molecule has 5 nitrogen and oxygen atoms in total. The molecule has 0 aliphatic carbocycles. The first-order chi connectivity index (χ1) is 12.5. The second-order valence-electron chi connectivity index (χ2n) is 6.60. The zero-order valence-corrected chi connectivity index (χ0v) is 14.5. The van der Waals surface area contributed by atoms with Gasteiger partial charge in [0, 0.05) is 13.5 Å². The van der Waals surface area contributed by atoms with Crippen LogP contribution in [-0.4, -0.2) is 27.4 Å². The Morgan fingerprint density at radius 2 is 1.77 bits per heavy atom. The molecule has 0 saturated heterocycles. The Balaban J connectivity index is 1.94. The van der Waals surface area contributed by atoms with Gasteiger partial charge in [0.05, 0.1) is 16.9 Å². The van der Waals surface area contributed by atoms with Crippen LogP contribution in [0.15, 0.2) is 53.3 Å². The van der Waals surface area contributed by atoms with Gasteiger partial charge in [-0.25, -0.2) is 9.37 Å². The minimum atomic E-state index is -0.642. The van der Waals surface area contributed by atoms with Gasteiger partial charge in [-0.15, -0.1) is 0 Å². The second kappa shape index (κ2) is 6.05. The number of nitrogens with zero attached hydrogens (tertiary/aromatic N) is 3. The van der Waals surface area contributed by atoms with Crippen molar-refractivity contribution in [2.75, 3.05) is 7.05 Å². The van der Waals surface area contributed by atoms with Crippen LogP contribution in [0.3, 0.4) is 0 Å². The van der Waals surface area contributed by atoms with E-state index in [0.717, 1.165) is 0 Å². The molecule has 1 amide bonds. The molecule has 2 heterocycles. The zero-order chi connectivity index (χ0) is 18.4. The van der Waals surface area contributed by atoms with E-state index >= 15 is 0 Å². The lowest BCUT2D eigenvalue weighted by Gasteiger charge is -2.37. The number of hydrogen-bond donors (Lipinski definition) is 0. The maximum atomic E-state index is 14.2. The molecule has 0 N–H and O–H groups in total. The van der Waals surface area contributed by atoms with E-state index in [9.17, 15) is 14.0 Å². The summed E-state index contributed by atoms with van der Waals surface area (Å²) in [5, 5.41) is 0.477. The number of aromatic nitrogens is 2. The SMILES string of the molecule is C[C@H]1C(=O)N(C)[C@@H](Cc2ccccc2F)c2nc3ccccc3c(=O)n21. The monoisotopic (exact) mass is 351 g/mol. The quantitative estimate of drug-likeness (QED) is 0.713. The van der Waals surface area contributed by atoms with Crippen LogP contribution in [0, 0.1) is 5.82 Å². The summed E-state index contributed by atoms with van der Waals surface area (Å²) in [5.41, 5.74) is 0.830. The topological polar surface area (TPSA) is 55.2 Å². The molecule has 1 aromatic heterocycles. The van der Waals surface area contributed by atoms with Crippen molar-refractivity contribution in [3.05, 3.63) is 76.1 Å². The summed E-state index contributed by atoms with van der Waals surface area (Å²) in [7, 11) is 1.68. The number of para-hydroxylation sites is 1. The molecule has 0 fully saturated rings. The highest BCUT2D eigenvalue weighted by molar-refractivity contribution is 5.83. The summed E-state index contributed by atoms with van der Waals surface area (Å²) in [5.74, 6) is -0.0220. The highest BCUT2D eigenvalue weighted by Gasteiger charge is 2.37. The molecular weight excluding hydrogens is 333 g/mol. The Kier molecular flexibility index (Phi) is 3.83. The first kappa shape index (κ1) is 16.4. The van der Waals surface area contributed by atoms with E-state index in [1.165, 1.54) is 10.6 Å². The van der Waals surface area contributed by atoms with Crippen LogP contribution in [0.25, 0.3) is 10.9 Å². The number of carbonyl (C=O) groups is 1. The third-order valence-electron chi connectivity index (χ3n) is 5.06. The molecule has 2 aromatic carbocycles. The van der Waals surface area contributed by atoms with Crippen LogP contribution >= 0.6 is 0 Å². The molecule has 3 aromatic rings. The van der Waals surface area contributed by atoms with E-state index in [4.69, 9.17) is 0 Å². The summed E-state index contributed by atoms with van der Waals surface area (Å²) >= 11 is 0. The number of rotatable bonds is 2. The second-order valence-corrected chi connectivity index (χ2v) is 6.60. The van der Waals surface area contributed by atoms with E-state index in [1.807, 2.05) is 6.07 Å². The van der Waals surface area contributed by atoms with E-state index in [0.29, 0.717) is 22.3 Å². The van der Waals surface area contributed by atoms with Gasteiger partial charge >= 0.3 is 0 Å². The van der Waals surface area contributed by atoms with Crippen molar-refractivity contribution in [2.45, 2.75) is 25.4 Å². The van der Waals surface area contributed by atoms with E-state index in [-0.39, 0.29) is 23.7 Å². The molecule has 2 atom stereocenters. The molecule has 0 bridgehead atoms. The number of carbonyl (C=O) groups excluding carboxylic acids is 1. The molecule has 1 aliphatic heterocycles. The number of hydrogen-bond acceptors (Lipinski definition) is 3. The van der Waals surface area contributed by atoms with E-state index in [1.54, 1.807) is 55.3 Å². The van der Waals surface area contributed by atoms with Crippen LogP contribution in [-0.2, 0) is 11.2 Å². The maximum absolute atomic E-state index is 14.2. The van der Waals surface area contributed by atoms with Crippen LogP contribution in [0.4, 0.5) is 4.39 Å². The first-order valence-electron chi connectivity index (χ1n) is 8.50. The minimum Gasteiger partial charge on any atom is -0.333 e. The van der Waals surface area contributed by atoms with E-state index in [2.05, 4.69) is 4.98 Å². The van der Waals surface area contributed by atoms with Gasteiger partial charge in [-0.2, -0.15) is 0 Å². The minimum absolute atomic E-state index is 0.182. The number of amides is 1. The molecule has 132 valence electrons. The first-order valence-corrected chi connectivity index (χ1v) is 8.50. The van der Waals surface area contributed by atoms with Gasteiger partial charge in [-0.05, 0) is 30.7 Å². The van der Waals surface area contributed by atoms with Crippen LogP contribution in [0.1, 0.15) is 30.4 Å². The van der Waals surface area contributed by atoms with Gasteiger partial charge in [0.15, 0.2) is 0 Å². The standard InChI is InChI=1S/C20H18FN3O2/c1-12-19(25)23(2)17(11-13-7-3-5-9-15(13)21)18-22-16-10-6-4-8-14(16)20(26)24(12)18/h3-10,12,17H,11H2,1-2H3/t12-,17-/m0/s1. The predicted molar refractivity (Wildman–Crippen MR) is 96.3 cm³/mol. The smallest absolute Gasteiger partial charge is 0.262 e. The molecule has 0 radical (unpaired) electrons. The molecule has 0 saturated carbocycles. The van der Waals surface area contributed by atoms with Crippen LogP contribution in [0.5, 0.6) is 0 Å². The molecule has 6 heteroatoms. The van der Waals surface area contributed by atoms with Crippen LogP contribution < -0.4 is 5.56 Å². The Hall–Kier alpha value is -3.02. The third kappa shape index (κ3) is 2.41. The molecule has 26 heavy (non-hydrogen) atoms. The van der Waals surface area contributed by atoms with Crippen molar-refractivity contribution < 1.29 is 9.18 Å². The lowest BCUT2D eigenvalue weighted by Crippen LogP contribution is -2.48. The lowest BCUT2D eigenvalue weighted by atomic mass is 9.99. The van der Waals surface area contributed by atoms with Crippen molar-refractivity contribution in [1.29, 1.82) is 0 Å². The molecule has 0 spiro atoms. The lowest BCUT2D eigenvalue weighted by molar-refractivity contribution is -0.137. The van der Waals surface area contributed by atoms with Crippen molar-refractivity contribution in [1.82, 2.24) is 14.5 Å². The average Bonchev–Trinajstić information content (AvgIpc) is 2.65. The predicted octanol–water partition coefficient (Wildman–Crippen LogP) is 2.85. The van der Waals surface area contributed by atoms with Crippen LogP contribution in [0.2, 0.25) is 0 Å². The summed E-state index contributed by atoms with van der Waals surface area (Å²) in [6, 6.07) is 12.4. The number of likely N-dealkylation sites (N-methyl/N-ethyl adjacent to an activating group) is 1. The van der Waals surface area contributed by atoms with Gasteiger partial charge in [0.2, 0.25) is 5.91 Å². The van der Waals surface area contributed by atoms with Gasteiger partial charge < -0.3 is 4.90 Å². The Morgan fingerprint density at radius 1 is 1.08 bits per heavy atom. The maximum Gasteiger partial charge on any atom is 0.262 e. The molecular formula is C20H18FN3O2. The summed E-state index contributed by atoms with van der Waals surface area (Å²) in [6.45, 7) is 1.69. The Morgan fingerprint density at radius 3 is 2.54 bits per heavy atom. The van der Waals surface area contributed by atoms with Gasteiger partial charge in [0.25, 0.3) is 5.56 Å². The number of benzene rings is 2. The Labute approximate surface area is 149 Å². The van der Waals surface area contributed by atoms with E-state index < -0.39 is 12.1 Å². The normalized spacial score (nSPS) is 19.7. The Bertz CT molecular complexity index is 1080. The fourth-order valence-corrected chi connectivity index (χ4v) is 3.60. The summed E-state index contributed by atoms with van der Waals surface area (Å²) in [6.07, 6.45) is 0.256. The van der Waals surface area contributed by atoms with Crippen molar-refractivity contribution in [2.24, 2.45) is 0 Å². The average molecular weight is 351 g/mol. The van der Waals surface area contributed by atoms with Crippen molar-refractivity contribution in [3.63, 3.8) is 0 Å². The summed E-state index contributed by atoms with van der Waals surface area (Å²) in [4.78, 5) is 31.9. The molecule has 1 aliphatic rings. The largest absolute Gasteiger partial charge is 0.333 e.